The van der Waals surface area contributed by atoms with Crippen LogP contribution >= 0.6 is 0 Å². The van der Waals surface area contributed by atoms with Crippen molar-refractivity contribution >= 4 is 23.2 Å². The van der Waals surface area contributed by atoms with E-state index in [1.807, 2.05) is 25.1 Å². The number of rotatable bonds is 9. The number of methoxy groups -OCH3 is 1. The molecule has 7 nitrogen and oxygen atoms in total. The standard InChI is InChI=1S/C27H36N4O3/c1-21-10-11-25(34-2)24(18-21)31-20-22(19-26(31)32)27(33)28-12-6-7-13-29-14-16-30(17-15-29)23-8-4-3-5-9-23/h3-5,8-11,18,22H,6-7,12-17,19-20H2,1-2H3,(H,28,33). The second kappa shape index (κ2) is 11.4. The summed E-state index contributed by atoms with van der Waals surface area (Å²) in [5, 5.41) is 3.05. The van der Waals surface area contributed by atoms with E-state index in [4.69, 9.17) is 4.74 Å². The van der Waals surface area contributed by atoms with Gasteiger partial charge in [-0.1, -0.05) is 24.3 Å². The van der Waals surface area contributed by atoms with Crippen molar-refractivity contribution in [1.82, 2.24) is 10.2 Å². The highest BCUT2D eigenvalue weighted by atomic mass is 16.5. The van der Waals surface area contributed by atoms with Crippen LogP contribution < -0.4 is 19.9 Å². The van der Waals surface area contributed by atoms with Crippen LogP contribution in [0.3, 0.4) is 0 Å². The van der Waals surface area contributed by atoms with Crippen molar-refractivity contribution in [3.8, 4) is 5.75 Å². The lowest BCUT2D eigenvalue weighted by atomic mass is 10.1. The zero-order valence-electron chi connectivity index (χ0n) is 20.3. The molecule has 0 saturated carbocycles. The van der Waals surface area contributed by atoms with Crippen LogP contribution in [0.25, 0.3) is 0 Å². The number of benzene rings is 2. The summed E-state index contributed by atoms with van der Waals surface area (Å²) >= 11 is 0. The van der Waals surface area contributed by atoms with Gasteiger partial charge in [0.25, 0.3) is 0 Å². The molecule has 182 valence electrons. The third-order valence-electron chi connectivity index (χ3n) is 6.81. The second-order valence-electron chi connectivity index (χ2n) is 9.24. The Morgan fingerprint density at radius 3 is 2.56 bits per heavy atom. The van der Waals surface area contributed by atoms with Crippen molar-refractivity contribution < 1.29 is 14.3 Å². The lowest BCUT2D eigenvalue weighted by Crippen LogP contribution is -2.46. The Labute approximate surface area is 202 Å². The van der Waals surface area contributed by atoms with Crippen LogP contribution in [0.15, 0.2) is 48.5 Å². The van der Waals surface area contributed by atoms with Gasteiger partial charge in [-0.05, 0) is 56.1 Å². The van der Waals surface area contributed by atoms with Gasteiger partial charge in [0, 0.05) is 51.4 Å². The smallest absolute Gasteiger partial charge is 0.227 e. The molecule has 1 N–H and O–H groups in total. The molecule has 4 rings (SSSR count). The van der Waals surface area contributed by atoms with Gasteiger partial charge < -0.3 is 19.9 Å². The summed E-state index contributed by atoms with van der Waals surface area (Å²) < 4.78 is 5.43. The Morgan fingerprint density at radius 1 is 1.06 bits per heavy atom. The van der Waals surface area contributed by atoms with Crippen LogP contribution in [-0.2, 0) is 9.59 Å². The number of anilines is 2. The number of carbonyl (C=O) groups excluding carboxylic acids is 2. The Balaban J connectivity index is 1.15. The Bertz CT molecular complexity index is 973. The predicted molar refractivity (Wildman–Crippen MR) is 136 cm³/mol. The molecule has 0 spiro atoms. The second-order valence-corrected chi connectivity index (χ2v) is 9.24. The molecular weight excluding hydrogens is 428 g/mol. The van der Waals surface area contributed by atoms with Gasteiger partial charge >= 0.3 is 0 Å². The lowest BCUT2D eigenvalue weighted by molar-refractivity contribution is -0.126. The highest BCUT2D eigenvalue weighted by Crippen LogP contribution is 2.33. The average molecular weight is 465 g/mol. The number of aryl methyl sites for hydroxylation is 1. The Morgan fingerprint density at radius 2 is 1.82 bits per heavy atom. The first kappa shape index (κ1) is 24.1. The maximum absolute atomic E-state index is 12.7. The first-order valence-corrected chi connectivity index (χ1v) is 12.3. The summed E-state index contributed by atoms with van der Waals surface area (Å²) in [7, 11) is 1.60. The summed E-state index contributed by atoms with van der Waals surface area (Å²) in [6, 6.07) is 16.4. The van der Waals surface area contributed by atoms with Crippen molar-refractivity contribution in [2.45, 2.75) is 26.2 Å². The minimum Gasteiger partial charge on any atom is -0.495 e. The molecule has 1 atom stereocenters. The Hall–Kier alpha value is -3.06. The van der Waals surface area contributed by atoms with Crippen molar-refractivity contribution in [2.75, 3.05) is 62.7 Å². The van der Waals surface area contributed by atoms with E-state index in [2.05, 4.69) is 45.4 Å². The van der Waals surface area contributed by atoms with Gasteiger partial charge in [-0.15, -0.1) is 0 Å². The van der Waals surface area contributed by atoms with E-state index in [0.717, 1.165) is 56.8 Å². The van der Waals surface area contributed by atoms with Gasteiger partial charge in [0.1, 0.15) is 5.75 Å². The maximum Gasteiger partial charge on any atom is 0.227 e. The molecule has 2 saturated heterocycles. The topological polar surface area (TPSA) is 65.1 Å². The van der Waals surface area contributed by atoms with E-state index >= 15 is 0 Å². The van der Waals surface area contributed by atoms with E-state index in [0.29, 0.717) is 18.8 Å². The van der Waals surface area contributed by atoms with Gasteiger partial charge in [-0.25, -0.2) is 0 Å². The number of hydrogen-bond donors (Lipinski definition) is 1. The predicted octanol–water partition coefficient (Wildman–Crippen LogP) is 3.08. The van der Waals surface area contributed by atoms with E-state index < -0.39 is 0 Å². The van der Waals surface area contributed by atoms with Crippen LogP contribution in [-0.4, -0.2) is 69.6 Å². The molecule has 1 unspecified atom stereocenters. The summed E-state index contributed by atoms with van der Waals surface area (Å²) in [5.74, 6) is 0.283. The molecular formula is C27H36N4O3. The summed E-state index contributed by atoms with van der Waals surface area (Å²) in [6.07, 6.45) is 2.25. The minimum atomic E-state index is -0.316. The quantitative estimate of drug-likeness (QED) is 0.578. The number of piperazine rings is 1. The molecule has 34 heavy (non-hydrogen) atoms. The highest BCUT2D eigenvalue weighted by molar-refractivity contribution is 6.01. The number of carbonyl (C=O) groups is 2. The van der Waals surface area contributed by atoms with Gasteiger partial charge in [-0.2, -0.15) is 0 Å². The fourth-order valence-corrected chi connectivity index (χ4v) is 4.81. The maximum atomic E-state index is 12.7. The molecule has 2 amide bonds. The summed E-state index contributed by atoms with van der Waals surface area (Å²) in [5.41, 5.74) is 3.10. The molecule has 0 aromatic heterocycles. The Kier molecular flexibility index (Phi) is 8.06. The van der Waals surface area contributed by atoms with Crippen molar-refractivity contribution in [2.24, 2.45) is 5.92 Å². The molecule has 0 bridgehead atoms. The summed E-state index contributed by atoms with van der Waals surface area (Å²) in [6.45, 7) is 8.35. The molecule has 2 aromatic carbocycles. The fourth-order valence-electron chi connectivity index (χ4n) is 4.81. The third kappa shape index (κ3) is 5.89. The molecule has 2 aliphatic rings. The lowest BCUT2D eigenvalue weighted by Gasteiger charge is -2.36. The molecule has 0 aliphatic carbocycles. The minimum absolute atomic E-state index is 0.0288. The number of unbranched alkanes of at least 4 members (excludes halogenated alkanes) is 1. The van der Waals surface area contributed by atoms with Gasteiger partial charge in [0.05, 0.1) is 18.7 Å². The molecule has 2 fully saturated rings. The van der Waals surface area contributed by atoms with Crippen molar-refractivity contribution in [1.29, 1.82) is 0 Å². The van der Waals surface area contributed by atoms with Gasteiger partial charge in [-0.3, -0.25) is 14.5 Å². The van der Waals surface area contributed by atoms with Gasteiger partial charge in [0.2, 0.25) is 11.8 Å². The number of nitrogens with zero attached hydrogens (tertiary/aromatic N) is 3. The third-order valence-corrected chi connectivity index (χ3v) is 6.81. The zero-order valence-corrected chi connectivity index (χ0v) is 20.3. The van der Waals surface area contributed by atoms with Crippen molar-refractivity contribution in [3.05, 3.63) is 54.1 Å². The SMILES string of the molecule is COc1ccc(C)cc1N1CC(C(=O)NCCCCN2CCN(c3ccccc3)CC2)CC1=O. The van der Waals surface area contributed by atoms with Gasteiger partial charge in [0.15, 0.2) is 0 Å². The van der Waals surface area contributed by atoms with Crippen LogP contribution in [0.4, 0.5) is 11.4 Å². The summed E-state index contributed by atoms with van der Waals surface area (Å²) in [4.78, 5) is 31.9. The number of hydrogen-bond acceptors (Lipinski definition) is 5. The fraction of sp³-hybridized carbons (Fsp3) is 0.481. The van der Waals surface area contributed by atoms with E-state index in [9.17, 15) is 9.59 Å². The monoisotopic (exact) mass is 464 g/mol. The molecule has 7 heteroatoms. The van der Waals surface area contributed by atoms with Crippen LogP contribution in [0.2, 0.25) is 0 Å². The molecule has 2 heterocycles. The normalized spacial score (nSPS) is 18.9. The number of nitrogens with one attached hydrogen (secondary N) is 1. The molecule has 2 aromatic rings. The van der Waals surface area contributed by atoms with E-state index in [1.54, 1.807) is 12.0 Å². The van der Waals surface area contributed by atoms with Crippen molar-refractivity contribution in [3.63, 3.8) is 0 Å². The largest absolute Gasteiger partial charge is 0.495 e. The zero-order chi connectivity index (χ0) is 23.9. The highest BCUT2D eigenvalue weighted by Gasteiger charge is 2.36. The van der Waals surface area contributed by atoms with Crippen LogP contribution in [0, 0.1) is 12.8 Å². The first-order chi connectivity index (χ1) is 16.5. The van der Waals surface area contributed by atoms with E-state index in [-0.39, 0.29) is 24.2 Å². The van der Waals surface area contributed by atoms with Crippen LogP contribution in [0.5, 0.6) is 5.75 Å². The first-order valence-electron chi connectivity index (χ1n) is 12.3. The number of para-hydroxylation sites is 1. The average Bonchev–Trinajstić information content (AvgIpc) is 3.26. The molecule has 2 aliphatic heterocycles. The van der Waals surface area contributed by atoms with E-state index in [1.165, 1.54) is 5.69 Å². The number of ether oxygens (including phenoxy) is 1. The molecule has 0 radical (unpaired) electrons. The number of amides is 2. The van der Waals surface area contributed by atoms with Crippen LogP contribution in [0.1, 0.15) is 24.8 Å².